The van der Waals surface area contributed by atoms with Crippen LogP contribution in [0.1, 0.15) is 26.3 Å². The number of halogens is 1. The number of sulfonamides is 1. The number of nitrogens with one attached hydrogen (secondary N) is 2. The Morgan fingerprint density at radius 3 is 2.34 bits per heavy atom. The highest BCUT2D eigenvalue weighted by atomic mass is 35.5. The second-order valence-corrected chi connectivity index (χ2v) is 9.65. The van der Waals surface area contributed by atoms with Crippen LogP contribution in [0.3, 0.4) is 0 Å². The molecular formula is C21H30ClN3O3S. The Balaban J connectivity index is 0.00000300. The molecule has 6 nitrogen and oxygen atoms in total. The van der Waals surface area contributed by atoms with Crippen molar-refractivity contribution < 1.29 is 13.2 Å². The third kappa shape index (κ3) is 5.35. The number of para-hydroxylation sites is 1. The van der Waals surface area contributed by atoms with Crippen molar-refractivity contribution in [1.82, 2.24) is 5.32 Å². The predicted molar refractivity (Wildman–Crippen MR) is 121 cm³/mol. The quantitative estimate of drug-likeness (QED) is 0.744. The molecule has 2 aromatic carbocycles. The first-order valence-electron chi connectivity index (χ1n) is 9.48. The maximum atomic E-state index is 13.1. The van der Waals surface area contributed by atoms with Gasteiger partial charge in [-0.15, -0.1) is 12.4 Å². The summed E-state index contributed by atoms with van der Waals surface area (Å²) < 4.78 is 34.5. The van der Waals surface area contributed by atoms with E-state index >= 15 is 0 Å². The molecule has 1 aliphatic rings. The molecule has 0 amide bonds. The van der Waals surface area contributed by atoms with Crippen molar-refractivity contribution in [3.63, 3.8) is 0 Å². The summed E-state index contributed by atoms with van der Waals surface area (Å²) in [4.78, 5) is 2.38. The van der Waals surface area contributed by atoms with Crippen LogP contribution in [0.15, 0.2) is 47.4 Å². The van der Waals surface area contributed by atoms with Gasteiger partial charge in [-0.2, -0.15) is 0 Å². The zero-order chi connectivity index (χ0) is 20.4. The van der Waals surface area contributed by atoms with Crippen molar-refractivity contribution in [2.24, 2.45) is 0 Å². The molecule has 0 aliphatic carbocycles. The van der Waals surface area contributed by atoms with E-state index in [0.29, 0.717) is 11.4 Å². The van der Waals surface area contributed by atoms with Gasteiger partial charge in [-0.05, 0) is 35.2 Å². The van der Waals surface area contributed by atoms with Crippen LogP contribution in [0.25, 0.3) is 0 Å². The van der Waals surface area contributed by atoms with Crippen molar-refractivity contribution in [3.8, 4) is 5.75 Å². The Labute approximate surface area is 180 Å². The van der Waals surface area contributed by atoms with E-state index < -0.39 is 10.0 Å². The maximum Gasteiger partial charge on any atom is 0.261 e. The van der Waals surface area contributed by atoms with Gasteiger partial charge in [0.2, 0.25) is 0 Å². The average molecular weight is 440 g/mol. The van der Waals surface area contributed by atoms with Crippen LogP contribution in [-0.2, 0) is 15.4 Å². The van der Waals surface area contributed by atoms with Crippen LogP contribution >= 0.6 is 12.4 Å². The van der Waals surface area contributed by atoms with E-state index in [1.54, 1.807) is 31.4 Å². The summed E-state index contributed by atoms with van der Waals surface area (Å²) >= 11 is 0. The zero-order valence-corrected chi connectivity index (χ0v) is 19.0. The lowest BCUT2D eigenvalue weighted by molar-refractivity contribution is 0.412. The Kier molecular flexibility index (Phi) is 7.43. The molecule has 0 unspecified atom stereocenters. The molecule has 1 saturated heterocycles. The summed E-state index contributed by atoms with van der Waals surface area (Å²) in [6, 6.07) is 12.5. The number of rotatable bonds is 5. The van der Waals surface area contributed by atoms with E-state index in [0.717, 1.165) is 37.4 Å². The summed E-state index contributed by atoms with van der Waals surface area (Å²) in [7, 11) is -2.13. The highest BCUT2D eigenvalue weighted by Crippen LogP contribution is 2.34. The summed E-state index contributed by atoms with van der Waals surface area (Å²) in [5.74, 6) is 0.677. The predicted octanol–water partition coefficient (Wildman–Crippen LogP) is 3.62. The molecule has 8 heteroatoms. The fourth-order valence-electron chi connectivity index (χ4n) is 3.42. The molecule has 2 N–H and O–H groups in total. The molecule has 1 fully saturated rings. The van der Waals surface area contributed by atoms with Crippen molar-refractivity contribution in [1.29, 1.82) is 0 Å². The second-order valence-electron chi connectivity index (χ2n) is 7.97. The fourth-order valence-corrected chi connectivity index (χ4v) is 4.52. The van der Waals surface area contributed by atoms with Crippen LogP contribution in [0.5, 0.6) is 5.75 Å². The molecule has 1 aliphatic heterocycles. The fraction of sp³-hybridized carbons (Fsp3) is 0.429. The first-order valence-corrected chi connectivity index (χ1v) is 11.0. The topological polar surface area (TPSA) is 70.7 Å². The van der Waals surface area contributed by atoms with Crippen LogP contribution < -0.4 is 19.7 Å². The molecule has 0 atom stereocenters. The lowest BCUT2D eigenvalue weighted by Gasteiger charge is -2.31. The summed E-state index contributed by atoms with van der Waals surface area (Å²) in [6.45, 7) is 9.52. The Morgan fingerprint density at radius 2 is 1.72 bits per heavy atom. The second kappa shape index (κ2) is 9.24. The monoisotopic (exact) mass is 439 g/mol. The van der Waals surface area contributed by atoms with Crippen LogP contribution in [-0.4, -0.2) is 41.7 Å². The normalized spacial score (nSPS) is 14.8. The molecule has 0 saturated carbocycles. The number of anilines is 2. The Morgan fingerprint density at radius 1 is 1.07 bits per heavy atom. The highest BCUT2D eigenvalue weighted by molar-refractivity contribution is 7.92. The van der Waals surface area contributed by atoms with Crippen molar-refractivity contribution in [2.75, 3.05) is 42.9 Å². The molecule has 160 valence electrons. The first kappa shape index (κ1) is 23.3. The van der Waals surface area contributed by atoms with E-state index in [1.807, 2.05) is 18.2 Å². The van der Waals surface area contributed by atoms with Crippen molar-refractivity contribution in [3.05, 3.63) is 48.0 Å². The van der Waals surface area contributed by atoms with Gasteiger partial charge in [0.15, 0.2) is 0 Å². The third-order valence-electron chi connectivity index (χ3n) is 4.90. The number of hydrogen-bond acceptors (Lipinski definition) is 5. The molecule has 1 heterocycles. The highest BCUT2D eigenvalue weighted by Gasteiger charge is 2.24. The van der Waals surface area contributed by atoms with Gasteiger partial charge >= 0.3 is 0 Å². The van der Waals surface area contributed by atoms with Gasteiger partial charge < -0.3 is 15.0 Å². The minimum atomic E-state index is -3.73. The first-order chi connectivity index (χ1) is 13.2. The average Bonchev–Trinajstić information content (AvgIpc) is 2.67. The molecule has 0 aromatic heterocycles. The van der Waals surface area contributed by atoms with Crippen LogP contribution in [0, 0.1) is 0 Å². The SMILES string of the molecule is COc1ccc(S(=O)(=O)Nc2ccccc2C(C)(C)C)cc1N1CCNCC1.Cl. The van der Waals surface area contributed by atoms with E-state index in [1.165, 1.54) is 0 Å². The minimum absolute atomic E-state index is 0. The lowest BCUT2D eigenvalue weighted by atomic mass is 9.86. The summed E-state index contributed by atoms with van der Waals surface area (Å²) in [5.41, 5.74) is 2.19. The van der Waals surface area contributed by atoms with E-state index in [4.69, 9.17) is 4.74 Å². The number of hydrogen-bond donors (Lipinski definition) is 2. The lowest BCUT2D eigenvalue weighted by Crippen LogP contribution is -2.43. The van der Waals surface area contributed by atoms with Gasteiger partial charge in [0.1, 0.15) is 5.75 Å². The number of benzene rings is 2. The van der Waals surface area contributed by atoms with Crippen molar-refractivity contribution >= 4 is 33.8 Å². The minimum Gasteiger partial charge on any atom is -0.495 e. The molecule has 0 bridgehead atoms. The van der Waals surface area contributed by atoms with Gasteiger partial charge in [0.25, 0.3) is 10.0 Å². The van der Waals surface area contributed by atoms with Gasteiger partial charge in [-0.25, -0.2) is 8.42 Å². The van der Waals surface area contributed by atoms with Gasteiger partial charge in [-0.3, -0.25) is 4.72 Å². The molecule has 3 rings (SSSR count). The number of nitrogens with zero attached hydrogens (tertiary/aromatic N) is 1. The number of piperazine rings is 1. The van der Waals surface area contributed by atoms with Gasteiger partial charge in [0, 0.05) is 26.2 Å². The molecule has 29 heavy (non-hydrogen) atoms. The Hall–Kier alpha value is -1.96. The van der Waals surface area contributed by atoms with E-state index in [-0.39, 0.29) is 22.7 Å². The Bertz CT molecular complexity index is 936. The van der Waals surface area contributed by atoms with Gasteiger partial charge in [0.05, 0.1) is 23.4 Å². The third-order valence-corrected chi connectivity index (χ3v) is 6.26. The van der Waals surface area contributed by atoms with Crippen LogP contribution in [0.2, 0.25) is 0 Å². The van der Waals surface area contributed by atoms with Gasteiger partial charge in [-0.1, -0.05) is 39.0 Å². The standard InChI is InChI=1S/C21H29N3O3S.ClH/c1-21(2,3)17-7-5-6-8-18(17)23-28(25,26)16-9-10-20(27-4)19(15-16)24-13-11-22-12-14-24;/h5-10,15,22-23H,11-14H2,1-4H3;1H. The smallest absolute Gasteiger partial charge is 0.261 e. The zero-order valence-electron chi connectivity index (χ0n) is 17.4. The maximum absolute atomic E-state index is 13.1. The number of methoxy groups -OCH3 is 1. The molecule has 0 spiro atoms. The summed E-state index contributed by atoms with van der Waals surface area (Å²) in [5, 5.41) is 3.31. The molecular weight excluding hydrogens is 410 g/mol. The molecule has 0 radical (unpaired) electrons. The van der Waals surface area contributed by atoms with Crippen molar-refractivity contribution in [2.45, 2.75) is 31.1 Å². The van der Waals surface area contributed by atoms with Crippen LogP contribution in [0.4, 0.5) is 11.4 Å². The number of ether oxygens (including phenoxy) is 1. The van der Waals surface area contributed by atoms with E-state index in [2.05, 4.69) is 35.7 Å². The van der Waals surface area contributed by atoms with E-state index in [9.17, 15) is 8.42 Å². The largest absolute Gasteiger partial charge is 0.495 e. The molecule has 2 aromatic rings. The summed E-state index contributed by atoms with van der Waals surface area (Å²) in [6.07, 6.45) is 0.